The molecule has 0 saturated carbocycles. The SMILES string of the molecule is COc1ccccc1CN(C)C(=O)COc1ccc(Br)c(C)c1. The highest BCUT2D eigenvalue weighted by molar-refractivity contribution is 9.10. The number of aryl methyl sites for hydroxylation is 1. The molecule has 2 aromatic rings. The summed E-state index contributed by atoms with van der Waals surface area (Å²) in [4.78, 5) is 13.9. The first-order valence-electron chi connectivity index (χ1n) is 7.26. The molecule has 0 aromatic heterocycles. The van der Waals surface area contributed by atoms with E-state index in [-0.39, 0.29) is 12.5 Å². The molecule has 0 N–H and O–H groups in total. The summed E-state index contributed by atoms with van der Waals surface area (Å²) in [5.41, 5.74) is 2.03. The van der Waals surface area contributed by atoms with E-state index in [0.717, 1.165) is 21.3 Å². The van der Waals surface area contributed by atoms with Crippen molar-refractivity contribution in [2.24, 2.45) is 0 Å². The predicted molar refractivity (Wildman–Crippen MR) is 93.8 cm³/mol. The number of para-hydroxylation sites is 1. The lowest BCUT2D eigenvalue weighted by atomic mass is 10.2. The van der Waals surface area contributed by atoms with Gasteiger partial charge in [0.05, 0.1) is 7.11 Å². The Hall–Kier alpha value is -2.01. The van der Waals surface area contributed by atoms with Gasteiger partial charge in [-0.2, -0.15) is 0 Å². The van der Waals surface area contributed by atoms with E-state index in [1.807, 2.05) is 49.4 Å². The van der Waals surface area contributed by atoms with E-state index in [1.54, 1.807) is 19.1 Å². The van der Waals surface area contributed by atoms with Crippen molar-refractivity contribution >= 4 is 21.8 Å². The zero-order chi connectivity index (χ0) is 16.8. The largest absolute Gasteiger partial charge is 0.496 e. The minimum absolute atomic E-state index is 0.00667. The first-order chi connectivity index (χ1) is 11.0. The van der Waals surface area contributed by atoms with Gasteiger partial charge in [0.15, 0.2) is 6.61 Å². The third-order valence-electron chi connectivity index (χ3n) is 3.52. The van der Waals surface area contributed by atoms with E-state index in [0.29, 0.717) is 12.3 Å². The van der Waals surface area contributed by atoms with Gasteiger partial charge in [-0.05, 0) is 36.8 Å². The molecule has 0 heterocycles. The fourth-order valence-corrected chi connectivity index (χ4v) is 2.39. The number of nitrogens with zero attached hydrogens (tertiary/aromatic N) is 1. The number of halogens is 1. The van der Waals surface area contributed by atoms with Gasteiger partial charge in [-0.1, -0.05) is 34.1 Å². The maximum absolute atomic E-state index is 12.2. The van der Waals surface area contributed by atoms with Crippen LogP contribution in [0.1, 0.15) is 11.1 Å². The Kier molecular flexibility index (Phi) is 6.04. The van der Waals surface area contributed by atoms with E-state index >= 15 is 0 Å². The highest BCUT2D eigenvalue weighted by atomic mass is 79.9. The van der Waals surface area contributed by atoms with Crippen LogP contribution in [0.2, 0.25) is 0 Å². The second-order valence-corrected chi connectivity index (χ2v) is 6.12. The normalized spacial score (nSPS) is 10.3. The van der Waals surface area contributed by atoms with Gasteiger partial charge in [-0.25, -0.2) is 0 Å². The lowest BCUT2D eigenvalue weighted by Gasteiger charge is -2.19. The summed E-state index contributed by atoms with van der Waals surface area (Å²) < 4.78 is 11.9. The molecule has 0 atom stereocenters. The Labute approximate surface area is 145 Å². The number of carbonyl (C=O) groups excluding carboxylic acids is 1. The molecule has 0 bridgehead atoms. The zero-order valence-electron chi connectivity index (χ0n) is 13.5. The average molecular weight is 378 g/mol. The van der Waals surface area contributed by atoms with E-state index in [2.05, 4.69) is 15.9 Å². The van der Waals surface area contributed by atoms with Crippen LogP contribution < -0.4 is 9.47 Å². The highest BCUT2D eigenvalue weighted by Crippen LogP contribution is 2.22. The van der Waals surface area contributed by atoms with E-state index in [9.17, 15) is 4.79 Å². The molecule has 0 saturated heterocycles. The van der Waals surface area contributed by atoms with Gasteiger partial charge in [-0.15, -0.1) is 0 Å². The van der Waals surface area contributed by atoms with Crippen molar-refractivity contribution < 1.29 is 14.3 Å². The minimum Gasteiger partial charge on any atom is -0.496 e. The summed E-state index contributed by atoms with van der Waals surface area (Å²) in [6.45, 7) is 2.46. The van der Waals surface area contributed by atoms with Gasteiger partial charge < -0.3 is 14.4 Å². The number of carbonyl (C=O) groups is 1. The van der Waals surface area contributed by atoms with Crippen LogP contribution >= 0.6 is 15.9 Å². The number of likely N-dealkylation sites (N-methyl/N-ethyl adjacent to an activating group) is 1. The Morgan fingerprint density at radius 1 is 1.22 bits per heavy atom. The molecule has 5 heteroatoms. The first kappa shape index (κ1) is 17.3. The number of hydrogen-bond donors (Lipinski definition) is 0. The number of rotatable bonds is 6. The molecule has 4 nitrogen and oxygen atoms in total. The summed E-state index contributed by atoms with van der Waals surface area (Å²) in [6.07, 6.45) is 0. The van der Waals surface area contributed by atoms with Gasteiger partial charge in [0.2, 0.25) is 0 Å². The topological polar surface area (TPSA) is 38.8 Å². The number of amides is 1. The average Bonchev–Trinajstić information content (AvgIpc) is 2.56. The quantitative estimate of drug-likeness (QED) is 0.768. The summed E-state index contributed by atoms with van der Waals surface area (Å²) in [5.74, 6) is 1.37. The molecule has 23 heavy (non-hydrogen) atoms. The van der Waals surface area contributed by atoms with Gasteiger partial charge in [0.1, 0.15) is 11.5 Å². The van der Waals surface area contributed by atoms with Crippen LogP contribution in [0.4, 0.5) is 0 Å². The van der Waals surface area contributed by atoms with Crippen molar-refractivity contribution in [2.75, 3.05) is 20.8 Å². The van der Waals surface area contributed by atoms with Crippen LogP contribution in [0.15, 0.2) is 46.9 Å². The summed E-state index contributed by atoms with van der Waals surface area (Å²) in [6, 6.07) is 13.3. The van der Waals surface area contributed by atoms with Crippen molar-refractivity contribution in [3.8, 4) is 11.5 Å². The van der Waals surface area contributed by atoms with Crippen LogP contribution in [0.25, 0.3) is 0 Å². The second kappa shape index (κ2) is 8.02. The Bertz CT molecular complexity index is 688. The third-order valence-corrected chi connectivity index (χ3v) is 4.41. The monoisotopic (exact) mass is 377 g/mol. The molecule has 2 rings (SSSR count). The first-order valence-corrected chi connectivity index (χ1v) is 8.05. The highest BCUT2D eigenvalue weighted by Gasteiger charge is 2.12. The molecule has 0 radical (unpaired) electrons. The van der Waals surface area contributed by atoms with Crippen LogP contribution in [0.3, 0.4) is 0 Å². The molecular weight excluding hydrogens is 358 g/mol. The van der Waals surface area contributed by atoms with Crippen molar-refractivity contribution in [1.82, 2.24) is 4.90 Å². The predicted octanol–water partition coefficient (Wildman–Crippen LogP) is 3.80. The third kappa shape index (κ3) is 4.73. The van der Waals surface area contributed by atoms with Crippen molar-refractivity contribution in [3.63, 3.8) is 0 Å². The minimum atomic E-state index is -0.0866. The molecule has 0 spiro atoms. The fraction of sp³-hybridized carbons (Fsp3) is 0.278. The van der Waals surface area contributed by atoms with Gasteiger partial charge >= 0.3 is 0 Å². The number of hydrogen-bond acceptors (Lipinski definition) is 3. The molecule has 2 aromatic carbocycles. The molecular formula is C18H20BrNO3. The fourth-order valence-electron chi connectivity index (χ4n) is 2.14. The number of methoxy groups -OCH3 is 1. The van der Waals surface area contributed by atoms with Gasteiger partial charge in [-0.3, -0.25) is 4.79 Å². The number of ether oxygens (including phenoxy) is 2. The summed E-state index contributed by atoms with van der Waals surface area (Å²) in [7, 11) is 3.38. The molecule has 1 amide bonds. The molecule has 122 valence electrons. The molecule has 0 aliphatic rings. The molecule has 0 aliphatic heterocycles. The van der Waals surface area contributed by atoms with Crippen LogP contribution in [-0.2, 0) is 11.3 Å². The number of benzene rings is 2. The van der Waals surface area contributed by atoms with E-state index < -0.39 is 0 Å². The Morgan fingerprint density at radius 3 is 2.65 bits per heavy atom. The summed E-state index contributed by atoms with van der Waals surface area (Å²) >= 11 is 3.44. The molecule has 0 aliphatic carbocycles. The second-order valence-electron chi connectivity index (χ2n) is 5.26. The van der Waals surface area contributed by atoms with E-state index in [1.165, 1.54) is 0 Å². The van der Waals surface area contributed by atoms with Crippen LogP contribution in [0.5, 0.6) is 11.5 Å². The smallest absolute Gasteiger partial charge is 0.260 e. The Morgan fingerprint density at radius 2 is 1.96 bits per heavy atom. The summed E-state index contributed by atoms with van der Waals surface area (Å²) in [5, 5.41) is 0. The lowest BCUT2D eigenvalue weighted by Crippen LogP contribution is -2.31. The Balaban J connectivity index is 1.93. The zero-order valence-corrected chi connectivity index (χ0v) is 15.1. The van der Waals surface area contributed by atoms with Crippen molar-refractivity contribution in [3.05, 3.63) is 58.1 Å². The maximum atomic E-state index is 12.2. The molecule has 0 fully saturated rings. The van der Waals surface area contributed by atoms with Crippen LogP contribution in [0, 0.1) is 6.92 Å². The van der Waals surface area contributed by atoms with E-state index in [4.69, 9.17) is 9.47 Å². The van der Waals surface area contributed by atoms with Crippen molar-refractivity contribution in [1.29, 1.82) is 0 Å². The van der Waals surface area contributed by atoms with Gasteiger partial charge in [0, 0.05) is 23.6 Å². The van der Waals surface area contributed by atoms with Crippen molar-refractivity contribution in [2.45, 2.75) is 13.5 Å². The molecule has 0 unspecified atom stereocenters. The standard InChI is InChI=1S/C18H20BrNO3/c1-13-10-15(8-9-16(13)19)23-12-18(21)20(2)11-14-6-4-5-7-17(14)22-3/h4-10H,11-12H2,1-3H3. The van der Waals surface area contributed by atoms with Crippen LogP contribution in [-0.4, -0.2) is 31.6 Å². The lowest BCUT2D eigenvalue weighted by molar-refractivity contribution is -0.132. The van der Waals surface area contributed by atoms with Gasteiger partial charge in [0.25, 0.3) is 5.91 Å². The maximum Gasteiger partial charge on any atom is 0.260 e.